The van der Waals surface area contributed by atoms with Crippen molar-refractivity contribution in [3.05, 3.63) is 181 Å². The molecule has 0 amide bonds. The molecule has 0 aliphatic heterocycles. The molecule has 1 nitrogen and oxygen atoms in total. The van der Waals surface area contributed by atoms with Crippen LogP contribution in [0.1, 0.15) is 5.56 Å². The molecule has 0 saturated carbocycles. The molecule has 10 rings (SSSR count). The van der Waals surface area contributed by atoms with E-state index in [0.717, 1.165) is 10.8 Å². The smallest absolute Gasteiger partial charge is 0.0991 e. The number of nitrogens with zero attached hydrogens (tertiary/aromatic N) is 1. The molecule has 0 N–H and O–H groups in total. The van der Waals surface area contributed by atoms with Gasteiger partial charge in [-0.15, -0.1) is 0 Å². The fourth-order valence-electron chi connectivity index (χ4n) is 8.04. The lowest BCUT2D eigenvalue weighted by atomic mass is 9.88. The molecule has 0 unspecified atom stereocenters. The second-order valence-electron chi connectivity index (χ2n) is 13.2. The zero-order valence-electron chi connectivity index (χ0n) is 27.2. The Kier molecular flexibility index (Phi) is 6.31. The predicted molar refractivity (Wildman–Crippen MR) is 210 cm³/mol. The van der Waals surface area contributed by atoms with E-state index in [1.165, 1.54) is 88.3 Å². The van der Waals surface area contributed by atoms with E-state index >= 15 is 0 Å². The molecule has 230 valence electrons. The van der Waals surface area contributed by atoms with E-state index in [4.69, 9.17) is 0 Å². The minimum absolute atomic E-state index is 0.686. The van der Waals surface area contributed by atoms with Gasteiger partial charge in [-0.25, -0.2) is 0 Å². The highest BCUT2D eigenvalue weighted by atomic mass is 14.3. The van der Waals surface area contributed by atoms with Gasteiger partial charge in [0.2, 0.25) is 0 Å². The normalized spacial score (nSPS) is 11.6. The summed E-state index contributed by atoms with van der Waals surface area (Å²) < 4.78 is 0. The fourth-order valence-corrected chi connectivity index (χ4v) is 8.04. The minimum Gasteiger partial charge on any atom is -0.192 e. The Morgan fingerprint density at radius 2 is 0.800 bits per heavy atom. The van der Waals surface area contributed by atoms with Crippen molar-refractivity contribution in [3.8, 4) is 72.8 Å². The maximum Gasteiger partial charge on any atom is 0.0991 e. The molecule has 50 heavy (non-hydrogen) atoms. The van der Waals surface area contributed by atoms with Crippen molar-refractivity contribution in [2.24, 2.45) is 0 Å². The Bertz CT molecular complexity index is 2780. The Labute approximate surface area is 291 Å². The van der Waals surface area contributed by atoms with Crippen molar-refractivity contribution < 1.29 is 0 Å². The number of fused-ring (bicyclic) bond motifs is 5. The highest BCUT2D eigenvalue weighted by Crippen LogP contribution is 2.55. The lowest BCUT2D eigenvalue weighted by Gasteiger charge is -2.15. The second kappa shape index (κ2) is 11.2. The summed E-state index contributed by atoms with van der Waals surface area (Å²) in [5.74, 6) is 0. The molecule has 0 fully saturated rings. The van der Waals surface area contributed by atoms with Crippen LogP contribution in [0, 0.1) is 11.3 Å². The average Bonchev–Trinajstić information content (AvgIpc) is 3.53. The number of hydrogen-bond donors (Lipinski definition) is 0. The summed E-state index contributed by atoms with van der Waals surface area (Å²) in [5.41, 5.74) is 15.8. The molecule has 1 aliphatic carbocycles. The van der Waals surface area contributed by atoms with Crippen molar-refractivity contribution in [2.45, 2.75) is 0 Å². The highest BCUT2D eigenvalue weighted by Gasteiger charge is 2.28. The van der Waals surface area contributed by atoms with Gasteiger partial charge in [-0.3, -0.25) is 0 Å². The second-order valence-corrected chi connectivity index (χ2v) is 13.2. The van der Waals surface area contributed by atoms with Gasteiger partial charge in [0.1, 0.15) is 0 Å². The Balaban J connectivity index is 1.10. The molecule has 0 heterocycles. The Morgan fingerprint density at radius 3 is 1.40 bits per heavy atom. The highest BCUT2D eigenvalue weighted by molar-refractivity contribution is 6.23. The van der Waals surface area contributed by atoms with Crippen LogP contribution in [0.3, 0.4) is 0 Å². The van der Waals surface area contributed by atoms with Gasteiger partial charge in [0.05, 0.1) is 11.6 Å². The third-order valence-electron chi connectivity index (χ3n) is 10.4. The lowest BCUT2D eigenvalue weighted by Crippen LogP contribution is -1.89. The van der Waals surface area contributed by atoms with Gasteiger partial charge in [-0.1, -0.05) is 146 Å². The summed E-state index contributed by atoms with van der Waals surface area (Å²) in [6, 6.07) is 65.9. The van der Waals surface area contributed by atoms with Crippen LogP contribution in [0.5, 0.6) is 0 Å². The first-order valence-corrected chi connectivity index (χ1v) is 17.1. The molecule has 1 heteroatoms. The van der Waals surface area contributed by atoms with Crippen LogP contribution in [0.2, 0.25) is 0 Å². The summed E-state index contributed by atoms with van der Waals surface area (Å²) in [5, 5.41) is 16.5. The molecular weight excluding hydrogens is 603 g/mol. The Hall–Kier alpha value is -6.75. The molecular formula is C49H29N. The lowest BCUT2D eigenvalue weighted by molar-refractivity contribution is 1.50. The maximum absolute atomic E-state index is 9.29. The van der Waals surface area contributed by atoms with Crippen molar-refractivity contribution >= 4 is 32.3 Å². The number of rotatable bonds is 4. The van der Waals surface area contributed by atoms with Crippen molar-refractivity contribution in [1.29, 1.82) is 5.26 Å². The summed E-state index contributed by atoms with van der Waals surface area (Å²) in [7, 11) is 0. The average molecular weight is 632 g/mol. The number of benzene rings is 9. The van der Waals surface area contributed by atoms with Crippen molar-refractivity contribution in [3.63, 3.8) is 0 Å². The van der Waals surface area contributed by atoms with Gasteiger partial charge in [0, 0.05) is 0 Å². The van der Waals surface area contributed by atoms with Gasteiger partial charge in [-0.05, 0) is 129 Å². The maximum atomic E-state index is 9.29. The zero-order chi connectivity index (χ0) is 33.2. The van der Waals surface area contributed by atoms with Gasteiger partial charge >= 0.3 is 0 Å². The van der Waals surface area contributed by atoms with Crippen molar-refractivity contribution in [1.82, 2.24) is 0 Å². The van der Waals surface area contributed by atoms with Crippen LogP contribution in [-0.2, 0) is 0 Å². The van der Waals surface area contributed by atoms with E-state index in [0.29, 0.717) is 5.56 Å². The SMILES string of the molecule is N#Cc1ccc2cc(-c3ccc4cc(-c5ccc6c7c(cccc57)-c5c(-c7ccccc7)ccc(-c7ccccc7)c5-6)ccc4c3)ccc2c1. The predicted octanol–water partition coefficient (Wildman–Crippen LogP) is 13.3. The monoisotopic (exact) mass is 631 g/mol. The fraction of sp³-hybridized carbons (Fsp3) is 0. The van der Waals surface area contributed by atoms with E-state index in [2.05, 4.69) is 164 Å². The molecule has 0 radical (unpaired) electrons. The van der Waals surface area contributed by atoms with E-state index < -0.39 is 0 Å². The van der Waals surface area contributed by atoms with Gasteiger partial charge in [-0.2, -0.15) is 5.26 Å². The molecule has 9 aromatic carbocycles. The standard InChI is InChI=1S/C49H29N/c50-30-31-14-15-35-27-36(17-16-34(35)26-31)37-18-19-39-29-40(21-20-38(39)28-37)41-22-25-46-47-44(41)12-7-13-45(47)48-42(32-8-3-1-4-9-32)23-24-43(49(46)48)33-10-5-2-6-11-33/h1-29H. The molecule has 0 spiro atoms. The Morgan fingerprint density at radius 1 is 0.320 bits per heavy atom. The van der Waals surface area contributed by atoms with Crippen LogP contribution < -0.4 is 0 Å². The van der Waals surface area contributed by atoms with Crippen LogP contribution >= 0.6 is 0 Å². The summed E-state index contributed by atoms with van der Waals surface area (Å²) >= 11 is 0. The first kappa shape index (κ1) is 28.3. The molecule has 1 aliphatic rings. The number of hydrogen-bond acceptors (Lipinski definition) is 1. The molecule has 0 aromatic heterocycles. The van der Waals surface area contributed by atoms with Gasteiger partial charge in [0.15, 0.2) is 0 Å². The van der Waals surface area contributed by atoms with Gasteiger partial charge in [0.25, 0.3) is 0 Å². The van der Waals surface area contributed by atoms with Crippen LogP contribution in [0.25, 0.3) is 99.1 Å². The molecule has 0 bridgehead atoms. The first-order valence-electron chi connectivity index (χ1n) is 17.1. The topological polar surface area (TPSA) is 23.8 Å². The third-order valence-corrected chi connectivity index (χ3v) is 10.4. The van der Waals surface area contributed by atoms with E-state index in [1.807, 2.05) is 18.2 Å². The number of nitriles is 1. The van der Waals surface area contributed by atoms with Crippen LogP contribution in [0.4, 0.5) is 0 Å². The van der Waals surface area contributed by atoms with E-state index in [9.17, 15) is 5.26 Å². The quantitative estimate of drug-likeness (QED) is 0.190. The summed E-state index contributed by atoms with van der Waals surface area (Å²) in [6.45, 7) is 0. The van der Waals surface area contributed by atoms with E-state index in [1.54, 1.807) is 0 Å². The molecule has 0 saturated heterocycles. The first-order chi connectivity index (χ1) is 24.7. The largest absolute Gasteiger partial charge is 0.192 e. The van der Waals surface area contributed by atoms with Crippen LogP contribution in [0.15, 0.2) is 176 Å². The summed E-state index contributed by atoms with van der Waals surface area (Å²) in [6.07, 6.45) is 0. The van der Waals surface area contributed by atoms with Gasteiger partial charge < -0.3 is 0 Å². The summed E-state index contributed by atoms with van der Waals surface area (Å²) in [4.78, 5) is 0. The minimum atomic E-state index is 0.686. The molecule has 9 aromatic rings. The third kappa shape index (κ3) is 4.40. The van der Waals surface area contributed by atoms with Crippen molar-refractivity contribution in [2.75, 3.05) is 0 Å². The zero-order valence-corrected chi connectivity index (χ0v) is 27.2. The van der Waals surface area contributed by atoms with Crippen LogP contribution in [-0.4, -0.2) is 0 Å². The molecule has 0 atom stereocenters. The van der Waals surface area contributed by atoms with E-state index in [-0.39, 0.29) is 0 Å².